The zero-order valence-corrected chi connectivity index (χ0v) is 15.2. The number of benzene rings is 1. The molecule has 3 N–H and O–H groups in total. The Bertz CT molecular complexity index is 1020. The first kappa shape index (κ1) is 17.0. The molecule has 7 heteroatoms. The Kier molecular flexibility index (Phi) is 3.96. The molecule has 0 spiro atoms. The number of carbonyl (C=O) groups excluding carboxylic acids is 1. The summed E-state index contributed by atoms with van der Waals surface area (Å²) < 4.78 is 13.5. The van der Waals surface area contributed by atoms with E-state index in [0.717, 1.165) is 23.4 Å². The molecule has 0 unspecified atom stereocenters. The van der Waals surface area contributed by atoms with E-state index < -0.39 is 0 Å². The van der Waals surface area contributed by atoms with Crippen molar-refractivity contribution in [2.24, 2.45) is 28.5 Å². The molecule has 3 aliphatic rings. The highest BCUT2D eigenvalue weighted by atomic mass is 19.1. The summed E-state index contributed by atoms with van der Waals surface area (Å²) in [6, 6.07) is 6.35. The number of fused-ring (bicyclic) bond motifs is 3. The number of anilines is 1. The van der Waals surface area contributed by atoms with Gasteiger partial charge in [0.25, 0.3) is 0 Å². The molecule has 1 aliphatic heterocycles. The van der Waals surface area contributed by atoms with E-state index in [4.69, 9.17) is 5.73 Å². The first-order valence-corrected chi connectivity index (χ1v) is 9.49. The summed E-state index contributed by atoms with van der Waals surface area (Å²) in [6.45, 7) is 0. The van der Waals surface area contributed by atoms with Gasteiger partial charge in [-0.2, -0.15) is 0 Å². The molecule has 1 aromatic heterocycles. The Labute approximate surface area is 161 Å². The van der Waals surface area contributed by atoms with Crippen LogP contribution in [0.4, 0.5) is 15.9 Å². The van der Waals surface area contributed by atoms with Crippen LogP contribution in [-0.2, 0) is 17.6 Å². The van der Waals surface area contributed by atoms with E-state index in [1.807, 2.05) is 12.3 Å². The Balaban J connectivity index is 1.47. The number of rotatable bonds is 5. The van der Waals surface area contributed by atoms with Crippen LogP contribution >= 0.6 is 0 Å². The normalized spacial score (nSPS) is 26.6. The van der Waals surface area contributed by atoms with E-state index >= 15 is 0 Å². The highest BCUT2D eigenvalue weighted by Gasteiger charge is 2.47. The zero-order valence-electron chi connectivity index (χ0n) is 15.2. The summed E-state index contributed by atoms with van der Waals surface area (Å²) in [5.74, 6) is 0.851. The van der Waals surface area contributed by atoms with Crippen LogP contribution in [0.25, 0.3) is 0 Å². The van der Waals surface area contributed by atoms with E-state index in [0.29, 0.717) is 24.5 Å². The highest BCUT2D eigenvalue weighted by molar-refractivity contribution is 5.82. The summed E-state index contributed by atoms with van der Waals surface area (Å²) in [7, 11) is 0. The van der Waals surface area contributed by atoms with E-state index in [9.17, 15) is 9.18 Å². The standard InChI is InChI=1S/C21H20FN5O/c22-14-3-1-2-11(8-14)9-16-25-15-6-7-24-19(15)21(26-16)27-18-13-5-4-12(10-13)17(18)20(23)28/h1-5,7-8,12-13,17-18H,6,9-10H2,(H2,23,28)(H,25,26,27)/t12-,13+,17-,18+/m0/s1. The average molecular weight is 377 g/mol. The maximum atomic E-state index is 13.5. The second kappa shape index (κ2) is 6.51. The van der Waals surface area contributed by atoms with Crippen molar-refractivity contribution in [3.8, 4) is 0 Å². The predicted octanol–water partition coefficient (Wildman–Crippen LogP) is 2.55. The summed E-state index contributed by atoms with van der Waals surface area (Å²) in [6.07, 6.45) is 8.05. The zero-order chi connectivity index (χ0) is 19.3. The van der Waals surface area contributed by atoms with Crippen molar-refractivity contribution in [2.45, 2.75) is 25.3 Å². The van der Waals surface area contributed by atoms with Crippen LogP contribution in [0, 0.1) is 23.6 Å². The van der Waals surface area contributed by atoms with Gasteiger partial charge in [-0.05, 0) is 36.0 Å². The average Bonchev–Trinajstić information content (AvgIpc) is 3.37. The molecule has 28 heavy (non-hydrogen) atoms. The first-order chi connectivity index (χ1) is 13.6. The van der Waals surface area contributed by atoms with Crippen LogP contribution in [0.1, 0.15) is 23.5 Å². The number of hydrogen-bond donors (Lipinski definition) is 2. The fourth-order valence-electron chi connectivity index (χ4n) is 4.63. The van der Waals surface area contributed by atoms with Gasteiger partial charge >= 0.3 is 0 Å². The first-order valence-electron chi connectivity index (χ1n) is 9.49. The van der Waals surface area contributed by atoms with Gasteiger partial charge in [0.2, 0.25) is 5.91 Å². The molecule has 1 saturated carbocycles. The van der Waals surface area contributed by atoms with Crippen LogP contribution in [0.3, 0.4) is 0 Å². The number of allylic oxidation sites excluding steroid dienone is 1. The largest absolute Gasteiger partial charge is 0.369 e. The van der Waals surface area contributed by atoms with Gasteiger partial charge in [-0.25, -0.2) is 14.4 Å². The lowest BCUT2D eigenvalue weighted by molar-refractivity contribution is -0.122. The third-order valence-corrected chi connectivity index (χ3v) is 5.85. The molecule has 0 saturated heterocycles. The number of aliphatic imine (C=N–C) groups is 1. The smallest absolute Gasteiger partial charge is 0.223 e. The van der Waals surface area contributed by atoms with Crippen LogP contribution < -0.4 is 11.1 Å². The van der Waals surface area contributed by atoms with Crippen LogP contribution in [-0.4, -0.2) is 28.1 Å². The molecule has 5 rings (SSSR count). The van der Waals surface area contributed by atoms with Crippen molar-refractivity contribution in [1.29, 1.82) is 0 Å². The van der Waals surface area contributed by atoms with Gasteiger partial charge in [0.05, 0.1) is 11.6 Å². The Morgan fingerprint density at radius 2 is 2.11 bits per heavy atom. The van der Waals surface area contributed by atoms with Crippen LogP contribution in [0.2, 0.25) is 0 Å². The Morgan fingerprint density at radius 1 is 1.25 bits per heavy atom. The molecule has 2 heterocycles. The minimum Gasteiger partial charge on any atom is -0.369 e. The molecule has 2 aliphatic carbocycles. The number of halogens is 1. The highest BCUT2D eigenvalue weighted by Crippen LogP contribution is 2.45. The maximum Gasteiger partial charge on any atom is 0.223 e. The number of primary amides is 1. The second-order valence-electron chi connectivity index (χ2n) is 7.65. The number of aromatic nitrogens is 2. The minimum absolute atomic E-state index is 0.0932. The number of nitrogens with two attached hydrogens (primary N) is 1. The molecular weight excluding hydrogens is 357 g/mol. The van der Waals surface area contributed by atoms with E-state index in [1.54, 1.807) is 6.07 Å². The number of nitrogens with zero attached hydrogens (tertiary/aromatic N) is 3. The van der Waals surface area contributed by atoms with Crippen molar-refractivity contribution in [3.63, 3.8) is 0 Å². The predicted molar refractivity (Wildman–Crippen MR) is 104 cm³/mol. The molecule has 6 nitrogen and oxygen atoms in total. The molecule has 2 aromatic rings. The van der Waals surface area contributed by atoms with Crippen molar-refractivity contribution in [1.82, 2.24) is 9.97 Å². The molecule has 4 atom stereocenters. The van der Waals surface area contributed by atoms with Gasteiger partial charge < -0.3 is 11.1 Å². The molecule has 1 aromatic carbocycles. The van der Waals surface area contributed by atoms with Crippen LogP contribution in [0.15, 0.2) is 41.4 Å². The van der Waals surface area contributed by atoms with Crippen LogP contribution in [0.5, 0.6) is 0 Å². The fraction of sp³-hybridized carbons (Fsp3) is 0.333. The van der Waals surface area contributed by atoms with Gasteiger partial charge in [0.15, 0.2) is 5.82 Å². The van der Waals surface area contributed by atoms with E-state index in [-0.39, 0.29) is 35.5 Å². The topological polar surface area (TPSA) is 93.3 Å². The third-order valence-electron chi connectivity index (χ3n) is 5.85. The summed E-state index contributed by atoms with van der Waals surface area (Å²) >= 11 is 0. The van der Waals surface area contributed by atoms with Gasteiger partial charge in [-0.15, -0.1) is 0 Å². The number of nitrogens with one attached hydrogen (secondary N) is 1. The van der Waals surface area contributed by atoms with Crippen molar-refractivity contribution in [2.75, 3.05) is 5.32 Å². The monoisotopic (exact) mass is 377 g/mol. The van der Waals surface area contributed by atoms with Crippen molar-refractivity contribution >= 4 is 23.6 Å². The molecule has 1 amide bonds. The summed E-state index contributed by atoms with van der Waals surface area (Å²) in [4.78, 5) is 25.7. The van der Waals surface area contributed by atoms with Gasteiger partial charge in [0.1, 0.15) is 17.3 Å². The lowest BCUT2D eigenvalue weighted by Crippen LogP contribution is -2.41. The van der Waals surface area contributed by atoms with Gasteiger partial charge in [-0.3, -0.25) is 9.79 Å². The molecule has 142 valence electrons. The van der Waals surface area contributed by atoms with Gasteiger partial charge in [0, 0.05) is 25.1 Å². The van der Waals surface area contributed by atoms with Crippen molar-refractivity contribution < 1.29 is 9.18 Å². The summed E-state index contributed by atoms with van der Waals surface area (Å²) in [5.41, 5.74) is 8.05. The minimum atomic E-state index is -0.288. The molecule has 0 radical (unpaired) electrons. The number of amides is 1. The quantitative estimate of drug-likeness (QED) is 0.783. The fourth-order valence-corrected chi connectivity index (χ4v) is 4.63. The van der Waals surface area contributed by atoms with Gasteiger partial charge in [-0.1, -0.05) is 24.3 Å². The SMILES string of the molecule is NC(=O)[C@@H]1[C@H](Nc2nc(Cc3cccc(F)c3)nc3c2N=CC3)[C@@H]2C=C[C@H]1C2. The molecule has 1 fully saturated rings. The number of hydrogen-bond acceptors (Lipinski definition) is 5. The lowest BCUT2D eigenvalue weighted by atomic mass is 9.88. The maximum absolute atomic E-state index is 13.5. The third kappa shape index (κ3) is 2.87. The molecular formula is C21H20FN5O. The van der Waals surface area contributed by atoms with E-state index in [2.05, 4.69) is 32.4 Å². The van der Waals surface area contributed by atoms with Crippen molar-refractivity contribution in [3.05, 3.63) is 59.3 Å². The van der Waals surface area contributed by atoms with E-state index in [1.165, 1.54) is 12.1 Å². The number of carbonyl (C=O) groups is 1. The lowest BCUT2D eigenvalue weighted by Gasteiger charge is -2.27. The Morgan fingerprint density at radius 3 is 2.93 bits per heavy atom. The molecule has 2 bridgehead atoms. The Hall–Kier alpha value is -3.09. The summed E-state index contributed by atoms with van der Waals surface area (Å²) in [5, 5.41) is 3.45. The second-order valence-corrected chi connectivity index (χ2v) is 7.65.